The number of anilines is 1. The summed E-state index contributed by atoms with van der Waals surface area (Å²) in [5.74, 6) is -0.495. The molecule has 0 saturated heterocycles. The van der Waals surface area contributed by atoms with E-state index in [-0.39, 0.29) is 5.82 Å². The molecule has 2 N–H and O–H groups in total. The summed E-state index contributed by atoms with van der Waals surface area (Å²) >= 11 is 0. The molecule has 0 fully saturated rings. The number of nitrogens with zero attached hydrogens (tertiary/aromatic N) is 4. The lowest BCUT2D eigenvalue weighted by atomic mass is 10.2. The third-order valence-electron chi connectivity index (χ3n) is 3.82. The first-order valence-electron chi connectivity index (χ1n) is 7.50. The predicted octanol–water partition coefficient (Wildman–Crippen LogP) is 3.26. The number of hydrogen-bond donors (Lipinski definition) is 1. The summed E-state index contributed by atoms with van der Waals surface area (Å²) in [4.78, 5) is 8.07. The number of benzene rings is 2. The first kappa shape index (κ1) is 14.3. The lowest BCUT2D eigenvalue weighted by Crippen LogP contribution is -2.03. The number of fused-ring (bicyclic) bond motifs is 1. The zero-order valence-corrected chi connectivity index (χ0v) is 12.7. The average molecular weight is 319 g/mol. The van der Waals surface area contributed by atoms with Crippen molar-refractivity contribution >= 4 is 16.7 Å². The molecule has 24 heavy (non-hydrogen) atoms. The van der Waals surface area contributed by atoms with Crippen LogP contribution in [0.2, 0.25) is 0 Å². The molecule has 0 unspecified atom stereocenters. The van der Waals surface area contributed by atoms with E-state index in [1.807, 2.05) is 59.3 Å². The van der Waals surface area contributed by atoms with Crippen molar-refractivity contribution in [1.29, 1.82) is 0 Å². The van der Waals surface area contributed by atoms with E-state index in [2.05, 4.69) is 15.1 Å². The molecule has 0 bridgehead atoms. The molecule has 2 aromatic heterocycles. The maximum absolute atomic E-state index is 13.3. The first-order chi connectivity index (χ1) is 11.7. The number of halogens is 1. The molecule has 4 aromatic rings. The van der Waals surface area contributed by atoms with Crippen LogP contribution in [0, 0.1) is 5.82 Å². The van der Waals surface area contributed by atoms with Gasteiger partial charge in [-0.3, -0.25) is 4.68 Å². The molecule has 4 rings (SSSR count). The van der Waals surface area contributed by atoms with Crippen molar-refractivity contribution in [2.45, 2.75) is 6.54 Å². The summed E-state index contributed by atoms with van der Waals surface area (Å²) in [6.45, 7) is 0.623. The minimum atomic E-state index is -0.633. The Labute approximate surface area is 137 Å². The number of nitrogen functional groups attached to an aromatic ring is 1. The van der Waals surface area contributed by atoms with Gasteiger partial charge in [0.05, 0.1) is 18.3 Å². The minimum Gasteiger partial charge on any atom is -0.381 e. The van der Waals surface area contributed by atoms with Gasteiger partial charge >= 0.3 is 0 Å². The number of rotatable bonds is 3. The highest BCUT2D eigenvalue weighted by Crippen LogP contribution is 2.26. The van der Waals surface area contributed by atoms with E-state index in [0.717, 1.165) is 22.7 Å². The van der Waals surface area contributed by atoms with Gasteiger partial charge in [0.1, 0.15) is 5.69 Å². The number of aromatic nitrogens is 4. The highest BCUT2D eigenvalue weighted by Gasteiger charge is 2.15. The predicted molar refractivity (Wildman–Crippen MR) is 90.7 cm³/mol. The van der Waals surface area contributed by atoms with Crippen molar-refractivity contribution < 1.29 is 4.39 Å². The molecule has 6 heteroatoms. The summed E-state index contributed by atoms with van der Waals surface area (Å²) in [5.41, 5.74) is 8.26. The van der Waals surface area contributed by atoms with Crippen LogP contribution in [-0.2, 0) is 6.54 Å². The zero-order chi connectivity index (χ0) is 16.5. The van der Waals surface area contributed by atoms with Crippen LogP contribution in [-0.4, -0.2) is 19.7 Å². The fourth-order valence-electron chi connectivity index (χ4n) is 2.66. The fourth-order valence-corrected chi connectivity index (χ4v) is 2.66. The van der Waals surface area contributed by atoms with E-state index in [9.17, 15) is 4.39 Å². The number of nitrogens with two attached hydrogens (primary N) is 1. The summed E-state index contributed by atoms with van der Waals surface area (Å²) in [7, 11) is 0. The van der Waals surface area contributed by atoms with Gasteiger partial charge in [-0.25, -0.2) is 14.4 Å². The molecule has 118 valence electrons. The van der Waals surface area contributed by atoms with Crippen LogP contribution in [0.25, 0.3) is 22.4 Å². The standard InChI is InChI=1S/C18H14FN5/c19-14-10-21-18(22-17(14)20)16-13-8-4-5-9-15(13)24(23-16)11-12-6-2-1-3-7-12/h1-10H,11H2,(H2,20,21,22). The van der Waals surface area contributed by atoms with Crippen LogP contribution in [0.15, 0.2) is 60.8 Å². The molecular formula is C18H14FN5. The van der Waals surface area contributed by atoms with Crippen LogP contribution < -0.4 is 5.73 Å². The lowest BCUT2D eigenvalue weighted by Gasteiger charge is -2.03. The summed E-state index contributed by atoms with van der Waals surface area (Å²) in [6, 6.07) is 17.9. The fraction of sp³-hybridized carbons (Fsp3) is 0.0556. The van der Waals surface area contributed by atoms with Crippen molar-refractivity contribution in [3.8, 4) is 11.5 Å². The topological polar surface area (TPSA) is 69.6 Å². The molecule has 0 spiro atoms. The van der Waals surface area contributed by atoms with Gasteiger partial charge in [-0.05, 0) is 11.6 Å². The van der Waals surface area contributed by atoms with Crippen molar-refractivity contribution in [2.75, 3.05) is 5.73 Å². The maximum atomic E-state index is 13.3. The highest BCUT2D eigenvalue weighted by atomic mass is 19.1. The SMILES string of the molecule is Nc1nc(-c2nn(Cc3ccccc3)c3ccccc23)ncc1F. The molecular weight excluding hydrogens is 305 g/mol. The molecule has 0 atom stereocenters. The van der Waals surface area contributed by atoms with Crippen molar-refractivity contribution in [3.05, 3.63) is 72.2 Å². The van der Waals surface area contributed by atoms with Crippen molar-refractivity contribution in [1.82, 2.24) is 19.7 Å². The Morgan fingerprint density at radius 3 is 2.54 bits per heavy atom. The molecule has 5 nitrogen and oxygen atoms in total. The molecule has 0 aliphatic carbocycles. The summed E-state index contributed by atoms with van der Waals surface area (Å²) in [6.07, 6.45) is 1.07. The van der Waals surface area contributed by atoms with E-state index in [1.165, 1.54) is 0 Å². The Balaban J connectivity index is 1.86. The minimum absolute atomic E-state index is 0.179. The molecule has 0 amide bonds. The van der Waals surface area contributed by atoms with Gasteiger partial charge in [0, 0.05) is 5.39 Å². The molecule has 0 radical (unpaired) electrons. The van der Waals surface area contributed by atoms with E-state index in [4.69, 9.17) is 5.73 Å². The van der Waals surface area contributed by atoms with Gasteiger partial charge in [0.2, 0.25) is 0 Å². The first-order valence-corrected chi connectivity index (χ1v) is 7.50. The molecule has 2 aromatic carbocycles. The van der Waals surface area contributed by atoms with Crippen LogP contribution in [0.5, 0.6) is 0 Å². The third-order valence-corrected chi connectivity index (χ3v) is 3.82. The Kier molecular flexibility index (Phi) is 3.42. The monoisotopic (exact) mass is 319 g/mol. The summed E-state index contributed by atoms with van der Waals surface area (Å²) in [5, 5.41) is 5.54. The van der Waals surface area contributed by atoms with Gasteiger partial charge in [-0.1, -0.05) is 48.5 Å². The smallest absolute Gasteiger partial charge is 0.183 e. The number of para-hydroxylation sites is 1. The normalized spacial score (nSPS) is 11.0. The van der Waals surface area contributed by atoms with Crippen LogP contribution in [0.3, 0.4) is 0 Å². The van der Waals surface area contributed by atoms with Crippen LogP contribution >= 0.6 is 0 Å². The molecule has 0 saturated carbocycles. The van der Waals surface area contributed by atoms with Gasteiger partial charge in [-0.2, -0.15) is 5.10 Å². The maximum Gasteiger partial charge on any atom is 0.183 e. The Bertz CT molecular complexity index is 1010. The van der Waals surface area contributed by atoms with Gasteiger partial charge in [0.25, 0.3) is 0 Å². The Hall–Kier alpha value is -3.28. The average Bonchev–Trinajstić information content (AvgIpc) is 2.97. The van der Waals surface area contributed by atoms with E-state index < -0.39 is 5.82 Å². The largest absolute Gasteiger partial charge is 0.381 e. The van der Waals surface area contributed by atoms with E-state index in [0.29, 0.717) is 18.1 Å². The van der Waals surface area contributed by atoms with Crippen molar-refractivity contribution in [2.24, 2.45) is 0 Å². The van der Waals surface area contributed by atoms with Gasteiger partial charge < -0.3 is 5.73 Å². The number of hydrogen-bond acceptors (Lipinski definition) is 4. The highest BCUT2D eigenvalue weighted by molar-refractivity contribution is 5.91. The second-order valence-corrected chi connectivity index (χ2v) is 5.44. The molecule has 0 aliphatic heterocycles. The van der Waals surface area contributed by atoms with Crippen molar-refractivity contribution in [3.63, 3.8) is 0 Å². The second kappa shape index (κ2) is 5.73. The Morgan fingerprint density at radius 1 is 1.00 bits per heavy atom. The second-order valence-electron chi connectivity index (χ2n) is 5.44. The van der Waals surface area contributed by atoms with Gasteiger partial charge in [-0.15, -0.1) is 0 Å². The lowest BCUT2D eigenvalue weighted by molar-refractivity contribution is 0.620. The Morgan fingerprint density at radius 2 is 1.75 bits per heavy atom. The molecule has 0 aliphatic rings. The van der Waals surface area contributed by atoms with E-state index in [1.54, 1.807) is 0 Å². The van der Waals surface area contributed by atoms with E-state index >= 15 is 0 Å². The van der Waals surface area contributed by atoms with Crippen LogP contribution in [0.4, 0.5) is 10.2 Å². The quantitative estimate of drug-likeness (QED) is 0.629. The van der Waals surface area contributed by atoms with Gasteiger partial charge in [0.15, 0.2) is 17.5 Å². The zero-order valence-electron chi connectivity index (χ0n) is 12.7. The molecule has 2 heterocycles. The third kappa shape index (κ3) is 2.48. The summed E-state index contributed by atoms with van der Waals surface area (Å²) < 4.78 is 15.2. The van der Waals surface area contributed by atoms with Crippen LogP contribution in [0.1, 0.15) is 5.56 Å².